The maximum atomic E-state index is 5.62. The van der Waals surface area contributed by atoms with Gasteiger partial charge in [0.05, 0.1) is 0 Å². The molecule has 0 amide bonds. The van der Waals surface area contributed by atoms with E-state index in [1.807, 2.05) is 54.6 Å². The lowest BCUT2D eigenvalue weighted by Gasteiger charge is -2.02. The van der Waals surface area contributed by atoms with Gasteiger partial charge in [-0.3, -0.25) is 0 Å². The van der Waals surface area contributed by atoms with Crippen LogP contribution in [0, 0.1) is 0 Å². The van der Waals surface area contributed by atoms with Crippen LogP contribution in [0.3, 0.4) is 0 Å². The van der Waals surface area contributed by atoms with E-state index in [2.05, 4.69) is 0 Å². The lowest BCUT2D eigenvalue weighted by Crippen LogP contribution is -1.90. The largest absolute Gasteiger partial charge is 0.399 e. The highest BCUT2D eigenvalue weighted by molar-refractivity contribution is 5.50. The molecule has 0 aliphatic carbocycles. The predicted molar refractivity (Wildman–Crippen MR) is 99.8 cm³/mol. The Morgan fingerprint density at radius 2 is 0.870 bits per heavy atom. The zero-order chi connectivity index (χ0) is 16.7. The minimum absolute atomic E-state index is 0.713. The van der Waals surface area contributed by atoms with Crippen LogP contribution in [0.2, 0.25) is 0 Å². The summed E-state index contributed by atoms with van der Waals surface area (Å²) in [6.07, 6.45) is 0.917. The third kappa shape index (κ3) is 5.63. The van der Waals surface area contributed by atoms with Crippen molar-refractivity contribution in [3.63, 3.8) is 0 Å². The lowest BCUT2D eigenvalue weighted by atomic mass is 10.0. The molecule has 118 valence electrons. The van der Waals surface area contributed by atoms with Crippen molar-refractivity contribution in [2.24, 2.45) is 0 Å². The van der Waals surface area contributed by atoms with Gasteiger partial charge in [-0.2, -0.15) is 0 Å². The van der Waals surface area contributed by atoms with Crippen molar-refractivity contribution in [3.8, 4) is 0 Å². The number of benzene rings is 3. The van der Waals surface area contributed by atoms with Gasteiger partial charge in [-0.25, -0.2) is 0 Å². The summed E-state index contributed by atoms with van der Waals surface area (Å²) in [4.78, 5) is 0. The summed E-state index contributed by atoms with van der Waals surface area (Å²) in [7, 11) is 0. The first-order valence-electron chi connectivity index (χ1n) is 7.33. The van der Waals surface area contributed by atoms with Gasteiger partial charge < -0.3 is 22.9 Å². The fourth-order valence-electron chi connectivity index (χ4n) is 2.07. The first-order valence-corrected chi connectivity index (χ1v) is 7.33. The van der Waals surface area contributed by atoms with E-state index in [0.29, 0.717) is 11.4 Å². The molecule has 23 heavy (non-hydrogen) atoms. The van der Waals surface area contributed by atoms with E-state index in [9.17, 15) is 0 Å². The summed E-state index contributed by atoms with van der Waals surface area (Å²) in [5.74, 6) is 0. The van der Waals surface area contributed by atoms with Crippen molar-refractivity contribution in [2.45, 2.75) is 6.42 Å². The molecule has 0 atom stereocenters. The summed E-state index contributed by atoms with van der Waals surface area (Å²) in [6.45, 7) is 0. The molecule has 0 unspecified atom stereocenters. The summed E-state index contributed by atoms with van der Waals surface area (Å²) >= 11 is 0. The van der Waals surface area contributed by atoms with Gasteiger partial charge in [0.2, 0.25) is 0 Å². The molecule has 3 aromatic rings. The molecule has 0 aromatic heterocycles. The molecule has 8 N–H and O–H groups in total. The second-order valence-corrected chi connectivity index (χ2v) is 5.33. The highest BCUT2D eigenvalue weighted by atomic mass is 14.6. The number of hydrogen-bond acceptors (Lipinski definition) is 4. The molecular formula is C19H22N4. The van der Waals surface area contributed by atoms with E-state index < -0.39 is 0 Å². The Balaban J connectivity index is 0.000000203. The summed E-state index contributed by atoms with van der Waals surface area (Å²) < 4.78 is 0. The van der Waals surface area contributed by atoms with E-state index in [4.69, 9.17) is 22.9 Å². The molecule has 3 aromatic carbocycles. The topological polar surface area (TPSA) is 104 Å². The average Bonchev–Trinajstić information content (AvgIpc) is 2.52. The van der Waals surface area contributed by atoms with Crippen LogP contribution in [-0.4, -0.2) is 0 Å². The van der Waals surface area contributed by atoms with Crippen LogP contribution < -0.4 is 22.9 Å². The highest BCUT2D eigenvalue weighted by Gasteiger charge is 1.95. The zero-order valence-electron chi connectivity index (χ0n) is 12.9. The second kappa shape index (κ2) is 7.75. The molecule has 0 radical (unpaired) electrons. The van der Waals surface area contributed by atoms with Gasteiger partial charge in [-0.1, -0.05) is 30.3 Å². The second-order valence-electron chi connectivity index (χ2n) is 5.33. The van der Waals surface area contributed by atoms with E-state index in [-0.39, 0.29) is 0 Å². The fraction of sp³-hybridized carbons (Fsp3) is 0.0526. The molecule has 0 saturated carbocycles. The van der Waals surface area contributed by atoms with Gasteiger partial charge in [-0.05, 0) is 60.0 Å². The lowest BCUT2D eigenvalue weighted by molar-refractivity contribution is 1.19. The quantitative estimate of drug-likeness (QED) is 0.545. The van der Waals surface area contributed by atoms with Crippen LogP contribution >= 0.6 is 0 Å². The molecule has 0 saturated heterocycles. The normalized spacial score (nSPS) is 9.74. The van der Waals surface area contributed by atoms with E-state index >= 15 is 0 Å². The van der Waals surface area contributed by atoms with Crippen LogP contribution in [-0.2, 0) is 6.42 Å². The molecule has 4 nitrogen and oxygen atoms in total. The number of nitrogens with two attached hydrogens (primary N) is 4. The minimum Gasteiger partial charge on any atom is -0.399 e. The van der Waals surface area contributed by atoms with Crippen LogP contribution in [0.1, 0.15) is 11.1 Å². The third-order valence-electron chi connectivity index (χ3n) is 3.28. The van der Waals surface area contributed by atoms with Gasteiger partial charge in [0.15, 0.2) is 0 Å². The summed E-state index contributed by atoms with van der Waals surface area (Å²) in [5.41, 5.74) is 27.6. The van der Waals surface area contributed by atoms with Crippen LogP contribution in [0.25, 0.3) is 0 Å². The van der Waals surface area contributed by atoms with Crippen molar-refractivity contribution >= 4 is 22.7 Å². The number of nitrogen functional groups attached to an aromatic ring is 4. The maximum Gasteiger partial charge on any atom is 0.0334 e. The molecule has 0 fully saturated rings. The Labute approximate surface area is 136 Å². The van der Waals surface area contributed by atoms with Gasteiger partial charge >= 0.3 is 0 Å². The SMILES string of the molecule is Nc1ccc(Cc2ccc(N)cc2)cc1.Nc1cccc(N)c1. The van der Waals surface area contributed by atoms with Gasteiger partial charge in [-0.15, -0.1) is 0 Å². The van der Waals surface area contributed by atoms with Crippen molar-refractivity contribution in [3.05, 3.63) is 83.9 Å². The number of anilines is 4. The zero-order valence-corrected chi connectivity index (χ0v) is 12.9. The van der Waals surface area contributed by atoms with Crippen LogP contribution in [0.4, 0.5) is 22.7 Å². The van der Waals surface area contributed by atoms with Crippen LogP contribution in [0.15, 0.2) is 72.8 Å². The monoisotopic (exact) mass is 306 g/mol. The Bertz CT molecular complexity index is 673. The van der Waals surface area contributed by atoms with Crippen molar-refractivity contribution in [1.82, 2.24) is 0 Å². The van der Waals surface area contributed by atoms with Gasteiger partial charge in [0.25, 0.3) is 0 Å². The predicted octanol–water partition coefficient (Wildman–Crippen LogP) is 3.29. The number of rotatable bonds is 2. The Morgan fingerprint density at radius 3 is 1.17 bits per heavy atom. The Morgan fingerprint density at radius 1 is 0.478 bits per heavy atom. The molecular weight excluding hydrogens is 284 g/mol. The summed E-state index contributed by atoms with van der Waals surface area (Å²) in [6, 6.07) is 23.0. The first-order chi connectivity index (χ1) is 11.0. The smallest absolute Gasteiger partial charge is 0.0334 e. The first kappa shape index (κ1) is 16.2. The molecule has 0 aliphatic heterocycles. The van der Waals surface area contributed by atoms with Crippen molar-refractivity contribution < 1.29 is 0 Å². The van der Waals surface area contributed by atoms with Crippen LogP contribution in [0.5, 0.6) is 0 Å². The molecule has 0 heterocycles. The van der Waals surface area contributed by atoms with Gasteiger partial charge in [0, 0.05) is 22.7 Å². The van der Waals surface area contributed by atoms with E-state index in [1.54, 1.807) is 18.2 Å². The van der Waals surface area contributed by atoms with Crippen molar-refractivity contribution in [2.75, 3.05) is 22.9 Å². The highest BCUT2D eigenvalue weighted by Crippen LogP contribution is 2.13. The molecule has 4 heteroatoms. The van der Waals surface area contributed by atoms with Gasteiger partial charge in [0.1, 0.15) is 0 Å². The third-order valence-corrected chi connectivity index (χ3v) is 3.28. The van der Waals surface area contributed by atoms with E-state index in [1.165, 1.54) is 11.1 Å². The minimum atomic E-state index is 0.713. The molecule has 0 aliphatic rings. The van der Waals surface area contributed by atoms with E-state index in [0.717, 1.165) is 17.8 Å². The Kier molecular flexibility index (Phi) is 5.47. The summed E-state index contributed by atoms with van der Waals surface area (Å²) in [5, 5.41) is 0. The standard InChI is InChI=1S/C13H14N2.C6H8N2/c14-12-5-1-10(2-6-12)9-11-3-7-13(15)8-4-11;7-5-2-1-3-6(8)4-5/h1-8H,9,14-15H2;1-4H,7-8H2. The Hall–Kier alpha value is -3.14. The fourth-order valence-corrected chi connectivity index (χ4v) is 2.07. The molecule has 0 spiro atoms. The van der Waals surface area contributed by atoms with Crippen molar-refractivity contribution in [1.29, 1.82) is 0 Å². The molecule has 3 rings (SSSR count). The maximum absolute atomic E-state index is 5.62. The number of hydrogen-bond donors (Lipinski definition) is 4. The average molecular weight is 306 g/mol. The molecule has 0 bridgehead atoms.